The predicted molar refractivity (Wildman–Crippen MR) is 145 cm³/mol. The molecule has 5 aromatic heterocycles. The average Bonchev–Trinajstić information content (AvgIpc) is 3.62. The number of fused-ring (bicyclic) bond motifs is 3. The first-order valence-corrected chi connectivity index (χ1v) is 12.8. The molecule has 1 saturated heterocycles. The number of carbonyl (C=O) groups excluding carboxylic acids is 1. The van der Waals surface area contributed by atoms with Crippen molar-refractivity contribution < 1.29 is 4.79 Å². The zero-order valence-electron chi connectivity index (χ0n) is 21.7. The summed E-state index contributed by atoms with van der Waals surface area (Å²) in [6, 6.07) is 4.46. The van der Waals surface area contributed by atoms with Gasteiger partial charge in [-0.05, 0) is 45.4 Å². The van der Waals surface area contributed by atoms with Gasteiger partial charge in [-0.1, -0.05) is 0 Å². The number of hydrogen-bond acceptors (Lipinski definition) is 8. The van der Waals surface area contributed by atoms with Gasteiger partial charge in [0.15, 0.2) is 5.82 Å². The van der Waals surface area contributed by atoms with Gasteiger partial charge < -0.3 is 10.6 Å². The van der Waals surface area contributed by atoms with Crippen LogP contribution in [0.4, 0.5) is 11.5 Å². The molecular formula is C27H30N10O. The topological polar surface area (TPSA) is 118 Å². The average molecular weight is 511 g/mol. The van der Waals surface area contributed by atoms with Crippen LogP contribution in [-0.4, -0.2) is 70.8 Å². The van der Waals surface area contributed by atoms with Crippen molar-refractivity contribution in [2.75, 3.05) is 25.0 Å². The lowest BCUT2D eigenvalue weighted by Gasteiger charge is -2.20. The number of pyridine rings is 1. The summed E-state index contributed by atoms with van der Waals surface area (Å²) < 4.78 is 3.66. The van der Waals surface area contributed by atoms with Crippen LogP contribution in [0.25, 0.3) is 27.5 Å². The molecule has 194 valence electrons. The number of likely N-dealkylation sites (tertiary alicyclic amines) is 1. The lowest BCUT2D eigenvalue weighted by molar-refractivity contribution is 0.0947. The minimum Gasteiger partial charge on any atom is -0.351 e. The molecule has 5 aromatic rings. The Labute approximate surface area is 219 Å². The zero-order chi connectivity index (χ0) is 26.2. The molecule has 0 aliphatic carbocycles. The summed E-state index contributed by atoms with van der Waals surface area (Å²) in [7, 11) is 1.90. The fourth-order valence-electron chi connectivity index (χ4n) is 5.16. The second-order valence-corrected chi connectivity index (χ2v) is 9.83. The van der Waals surface area contributed by atoms with Crippen molar-refractivity contribution in [3.05, 3.63) is 60.7 Å². The Hall–Kier alpha value is -4.38. The first-order valence-electron chi connectivity index (χ1n) is 12.8. The summed E-state index contributed by atoms with van der Waals surface area (Å²) >= 11 is 0. The molecule has 2 N–H and O–H groups in total. The molecule has 6 rings (SSSR count). The Kier molecular flexibility index (Phi) is 6.20. The third-order valence-corrected chi connectivity index (χ3v) is 7.31. The Bertz CT molecular complexity index is 1620. The van der Waals surface area contributed by atoms with Gasteiger partial charge in [-0.15, -0.1) is 0 Å². The predicted octanol–water partition coefficient (Wildman–Crippen LogP) is 3.34. The maximum absolute atomic E-state index is 12.9. The van der Waals surface area contributed by atoms with Crippen molar-refractivity contribution in [3.8, 4) is 11.1 Å². The number of anilines is 2. The van der Waals surface area contributed by atoms with Gasteiger partial charge in [-0.3, -0.25) is 19.4 Å². The molecule has 0 bridgehead atoms. The van der Waals surface area contributed by atoms with Crippen molar-refractivity contribution in [1.82, 2.24) is 44.6 Å². The van der Waals surface area contributed by atoms with Gasteiger partial charge in [-0.25, -0.2) is 14.5 Å². The Balaban J connectivity index is 1.25. The first kappa shape index (κ1) is 24.0. The summed E-state index contributed by atoms with van der Waals surface area (Å²) in [5.41, 5.74) is 5.74. The molecule has 6 heterocycles. The second kappa shape index (κ2) is 9.82. The number of nitrogens with one attached hydrogen (secondary N) is 2. The smallest absolute Gasteiger partial charge is 0.252 e. The molecule has 1 atom stereocenters. The molecule has 0 spiro atoms. The quantitative estimate of drug-likeness (QED) is 0.342. The van der Waals surface area contributed by atoms with Gasteiger partial charge in [0.05, 0.1) is 39.6 Å². The SMILES string of the molecule is Cc1ncc(C(=O)NCCN2CCC[C@@H]2C)cc1Nc1nn(C)c2c1cnn1cc(-c3cncnc3)cc21. The van der Waals surface area contributed by atoms with Crippen LogP contribution in [0.1, 0.15) is 35.8 Å². The van der Waals surface area contributed by atoms with E-state index in [0.29, 0.717) is 24.0 Å². The normalized spacial score (nSPS) is 15.9. The second-order valence-electron chi connectivity index (χ2n) is 9.83. The number of carbonyl (C=O) groups is 1. The lowest BCUT2D eigenvalue weighted by atomic mass is 10.2. The Morgan fingerprint density at radius 3 is 2.76 bits per heavy atom. The van der Waals surface area contributed by atoms with E-state index in [4.69, 9.17) is 5.10 Å². The molecule has 1 aliphatic heterocycles. The fourth-order valence-corrected chi connectivity index (χ4v) is 5.16. The van der Waals surface area contributed by atoms with Crippen LogP contribution in [0.5, 0.6) is 0 Å². The van der Waals surface area contributed by atoms with E-state index in [1.165, 1.54) is 19.2 Å². The van der Waals surface area contributed by atoms with Crippen LogP contribution in [0, 0.1) is 6.92 Å². The largest absolute Gasteiger partial charge is 0.351 e. The number of aryl methyl sites for hydroxylation is 2. The Morgan fingerprint density at radius 1 is 1.13 bits per heavy atom. The number of nitrogens with zero attached hydrogens (tertiary/aromatic N) is 8. The van der Waals surface area contributed by atoms with Crippen LogP contribution in [0.2, 0.25) is 0 Å². The molecule has 0 saturated carbocycles. The molecule has 0 aromatic carbocycles. The van der Waals surface area contributed by atoms with Crippen molar-refractivity contribution in [2.45, 2.75) is 32.7 Å². The van der Waals surface area contributed by atoms with E-state index in [9.17, 15) is 4.79 Å². The molecule has 1 aliphatic rings. The molecule has 0 radical (unpaired) electrons. The molecular weight excluding hydrogens is 480 g/mol. The van der Waals surface area contributed by atoms with Gasteiger partial charge in [-0.2, -0.15) is 10.2 Å². The van der Waals surface area contributed by atoms with Crippen LogP contribution in [0.3, 0.4) is 0 Å². The molecule has 1 fully saturated rings. The number of hydrogen-bond donors (Lipinski definition) is 2. The van der Waals surface area contributed by atoms with Crippen molar-refractivity contribution in [3.63, 3.8) is 0 Å². The van der Waals surface area contributed by atoms with Crippen molar-refractivity contribution in [2.24, 2.45) is 7.05 Å². The van der Waals surface area contributed by atoms with E-state index >= 15 is 0 Å². The first-order chi connectivity index (χ1) is 18.5. The van der Waals surface area contributed by atoms with E-state index in [0.717, 1.165) is 52.0 Å². The van der Waals surface area contributed by atoms with Gasteiger partial charge in [0.25, 0.3) is 5.91 Å². The number of aromatic nitrogens is 7. The summed E-state index contributed by atoms with van der Waals surface area (Å²) in [5.74, 6) is 0.515. The molecule has 0 unspecified atom stereocenters. The highest BCUT2D eigenvalue weighted by Crippen LogP contribution is 2.31. The lowest BCUT2D eigenvalue weighted by Crippen LogP contribution is -2.36. The highest BCUT2D eigenvalue weighted by atomic mass is 16.1. The zero-order valence-corrected chi connectivity index (χ0v) is 21.7. The van der Waals surface area contributed by atoms with Crippen molar-refractivity contribution in [1.29, 1.82) is 0 Å². The Morgan fingerprint density at radius 2 is 1.97 bits per heavy atom. The summed E-state index contributed by atoms with van der Waals surface area (Å²) in [4.78, 5) is 28.0. The summed E-state index contributed by atoms with van der Waals surface area (Å²) in [6.07, 6.45) is 12.9. The maximum atomic E-state index is 12.9. The maximum Gasteiger partial charge on any atom is 0.252 e. The van der Waals surface area contributed by atoms with Crippen LogP contribution in [0.15, 0.2) is 49.4 Å². The standard InChI is InChI=1S/C27H30N10O/c1-17-5-4-7-36(17)8-6-30-27(38)19-9-23(18(2)31-13-19)33-26-22-14-32-37-15-20(21-11-28-16-29-12-21)10-24(37)25(22)35(3)34-26/h9-17H,4-8H2,1-3H3,(H,30,38)(H,33,34)/t17-/m0/s1. The third kappa shape index (κ3) is 4.45. The van der Waals surface area contributed by atoms with Crippen LogP contribution >= 0.6 is 0 Å². The summed E-state index contributed by atoms with van der Waals surface area (Å²) in [5, 5.41) is 16.6. The van der Waals surface area contributed by atoms with Crippen molar-refractivity contribution >= 4 is 33.8 Å². The van der Waals surface area contributed by atoms with Gasteiger partial charge in [0.1, 0.15) is 6.33 Å². The highest BCUT2D eigenvalue weighted by Gasteiger charge is 2.20. The fraction of sp³-hybridized carbons (Fsp3) is 0.333. The van der Waals surface area contributed by atoms with E-state index in [1.807, 2.05) is 35.4 Å². The third-order valence-electron chi connectivity index (χ3n) is 7.31. The molecule has 38 heavy (non-hydrogen) atoms. The highest BCUT2D eigenvalue weighted by molar-refractivity contribution is 6.01. The van der Waals surface area contributed by atoms with Gasteiger partial charge in [0, 0.05) is 62.1 Å². The minimum atomic E-state index is -0.132. The van der Waals surface area contributed by atoms with Gasteiger partial charge >= 0.3 is 0 Å². The number of rotatable bonds is 7. The number of amides is 1. The molecule has 11 heteroatoms. The summed E-state index contributed by atoms with van der Waals surface area (Å²) in [6.45, 7) is 6.72. The monoisotopic (exact) mass is 510 g/mol. The van der Waals surface area contributed by atoms with Crippen LogP contribution < -0.4 is 10.6 Å². The van der Waals surface area contributed by atoms with E-state index in [1.54, 1.807) is 24.8 Å². The molecule has 11 nitrogen and oxygen atoms in total. The van der Waals surface area contributed by atoms with E-state index < -0.39 is 0 Å². The van der Waals surface area contributed by atoms with Crippen LogP contribution in [-0.2, 0) is 7.05 Å². The van der Waals surface area contributed by atoms with E-state index in [2.05, 4.69) is 48.6 Å². The van der Waals surface area contributed by atoms with E-state index in [-0.39, 0.29) is 5.91 Å². The van der Waals surface area contributed by atoms with Gasteiger partial charge in [0.2, 0.25) is 0 Å². The molecule has 1 amide bonds. The minimum absolute atomic E-state index is 0.132.